The molecule has 1 saturated heterocycles. The molecule has 3 rings (SSSR count). The van der Waals surface area contributed by atoms with Crippen LogP contribution in [0.15, 0.2) is 48.5 Å². The van der Waals surface area contributed by atoms with Crippen LogP contribution in [0.1, 0.15) is 17.3 Å². The Hall–Kier alpha value is -2.73. The topological polar surface area (TPSA) is 59.1 Å². The lowest BCUT2D eigenvalue weighted by molar-refractivity contribution is -0.134. The van der Waals surface area contributed by atoms with Crippen molar-refractivity contribution in [3.8, 4) is 11.5 Å². The zero-order valence-electron chi connectivity index (χ0n) is 15.8. The second-order valence-electron chi connectivity index (χ2n) is 6.37. The van der Waals surface area contributed by atoms with E-state index < -0.39 is 0 Å². The number of benzene rings is 2. The van der Waals surface area contributed by atoms with E-state index in [1.54, 1.807) is 58.3 Å². The molecular weight excluding hydrogens is 380 g/mol. The van der Waals surface area contributed by atoms with Crippen LogP contribution in [-0.4, -0.2) is 61.0 Å². The molecule has 1 heterocycles. The van der Waals surface area contributed by atoms with Crippen LogP contribution >= 0.6 is 11.6 Å². The van der Waals surface area contributed by atoms with Gasteiger partial charge in [-0.05, 0) is 55.5 Å². The lowest BCUT2D eigenvalue weighted by Gasteiger charge is -2.34. The zero-order chi connectivity index (χ0) is 19.9. The van der Waals surface area contributed by atoms with E-state index in [1.807, 2.05) is 6.92 Å². The summed E-state index contributed by atoms with van der Waals surface area (Å²) in [5.74, 6) is 1.22. The van der Waals surface area contributed by atoms with Crippen LogP contribution in [-0.2, 0) is 4.79 Å². The second-order valence-corrected chi connectivity index (χ2v) is 6.81. The number of carbonyl (C=O) groups excluding carboxylic acids is 2. The first kappa shape index (κ1) is 20.0. The Kier molecular flexibility index (Phi) is 6.76. The van der Waals surface area contributed by atoms with Gasteiger partial charge in [-0.2, -0.15) is 0 Å². The van der Waals surface area contributed by atoms with Crippen LogP contribution in [0.4, 0.5) is 0 Å². The van der Waals surface area contributed by atoms with Crippen molar-refractivity contribution in [3.63, 3.8) is 0 Å². The fourth-order valence-corrected chi connectivity index (χ4v) is 3.10. The highest BCUT2D eigenvalue weighted by Crippen LogP contribution is 2.17. The van der Waals surface area contributed by atoms with Gasteiger partial charge in [0.05, 0.1) is 6.61 Å². The fourth-order valence-electron chi connectivity index (χ4n) is 2.97. The highest BCUT2D eigenvalue weighted by atomic mass is 35.5. The number of rotatable bonds is 6. The molecule has 0 bridgehead atoms. The van der Waals surface area contributed by atoms with Gasteiger partial charge >= 0.3 is 0 Å². The number of hydrogen-bond acceptors (Lipinski definition) is 4. The third-order valence-corrected chi connectivity index (χ3v) is 4.76. The number of halogens is 1. The second kappa shape index (κ2) is 9.46. The molecule has 6 nitrogen and oxygen atoms in total. The van der Waals surface area contributed by atoms with Gasteiger partial charge in [-0.25, -0.2) is 0 Å². The molecular formula is C21H23ClN2O4. The number of carbonyl (C=O) groups is 2. The number of piperazine rings is 1. The van der Waals surface area contributed by atoms with E-state index >= 15 is 0 Å². The van der Waals surface area contributed by atoms with E-state index in [0.717, 1.165) is 5.75 Å². The quantitative estimate of drug-likeness (QED) is 0.745. The van der Waals surface area contributed by atoms with Gasteiger partial charge in [0.15, 0.2) is 6.61 Å². The number of ether oxygens (including phenoxy) is 2. The van der Waals surface area contributed by atoms with Crippen LogP contribution in [0, 0.1) is 0 Å². The molecule has 7 heteroatoms. The molecule has 0 N–H and O–H groups in total. The summed E-state index contributed by atoms with van der Waals surface area (Å²) in [5.41, 5.74) is 0.620. The molecule has 2 amide bonds. The predicted octanol–water partition coefficient (Wildman–Crippen LogP) is 3.10. The number of amides is 2. The minimum absolute atomic E-state index is 0.0333. The van der Waals surface area contributed by atoms with Crippen LogP contribution in [0.5, 0.6) is 11.5 Å². The minimum atomic E-state index is -0.0943. The van der Waals surface area contributed by atoms with E-state index in [4.69, 9.17) is 21.1 Å². The predicted molar refractivity (Wildman–Crippen MR) is 107 cm³/mol. The maximum Gasteiger partial charge on any atom is 0.260 e. The van der Waals surface area contributed by atoms with E-state index in [-0.39, 0.29) is 18.4 Å². The maximum absolute atomic E-state index is 12.6. The van der Waals surface area contributed by atoms with Crippen molar-refractivity contribution in [1.29, 1.82) is 0 Å². The third kappa shape index (κ3) is 5.16. The lowest BCUT2D eigenvalue weighted by Crippen LogP contribution is -2.51. The Morgan fingerprint density at radius 1 is 0.857 bits per heavy atom. The molecule has 0 radical (unpaired) electrons. The van der Waals surface area contributed by atoms with Gasteiger partial charge < -0.3 is 19.3 Å². The first-order chi connectivity index (χ1) is 13.6. The van der Waals surface area contributed by atoms with Crippen molar-refractivity contribution in [2.45, 2.75) is 6.92 Å². The largest absolute Gasteiger partial charge is 0.494 e. The Morgan fingerprint density at radius 2 is 1.39 bits per heavy atom. The summed E-state index contributed by atoms with van der Waals surface area (Å²) in [7, 11) is 0. The molecule has 28 heavy (non-hydrogen) atoms. The molecule has 1 aliphatic heterocycles. The molecule has 0 aromatic heterocycles. The van der Waals surface area contributed by atoms with E-state index in [0.29, 0.717) is 49.1 Å². The van der Waals surface area contributed by atoms with Crippen LogP contribution in [0.2, 0.25) is 5.02 Å². The van der Waals surface area contributed by atoms with Gasteiger partial charge in [0.25, 0.3) is 11.8 Å². The van der Waals surface area contributed by atoms with E-state index in [1.165, 1.54) is 0 Å². The molecule has 0 atom stereocenters. The maximum atomic E-state index is 12.6. The first-order valence-corrected chi connectivity index (χ1v) is 9.63. The lowest BCUT2D eigenvalue weighted by atomic mass is 10.1. The average molecular weight is 403 g/mol. The van der Waals surface area contributed by atoms with Gasteiger partial charge in [-0.1, -0.05) is 11.6 Å². The number of hydrogen-bond donors (Lipinski definition) is 0. The highest BCUT2D eigenvalue weighted by molar-refractivity contribution is 6.30. The van der Waals surface area contributed by atoms with Crippen LogP contribution < -0.4 is 9.47 Å². The summed E-state index contributed by atoms with van der Waals surface area (Å²) in [6.07, 6.45) is 0. The van der Waals surface area contributed by atoms with Gasteiger partial charge in [0.1, 0.15) is 11.5 Å². The van der Waals surface area contributed by atoms with Crippen LogP contribution in [0.25, 0.3) is 0 Å². The minimum Gasteiger partial charge on any atom is -0.494 e. The molecule has 0 saturated carbocycles. The first-order valence-electron chi connectivity index (χ1n) is 9.25. The van der Waals surface area contributed by atoms with Gasteiger partial charge in [0.2, 0.25) is 0 Å². The molecule has 1 aliphatic rings. The summed E-state index contributed by atoms with van der Waals surface area (Å²) in [4.78, 5) is 28.5. The summed E-state index contributed by atoms with van der Waals surface area (Å²) in [6, 6.07) is 14.0. The summed E-state index contributed by atoms with van der Waals surface area (Å²) >= 11 is 5.83. The smallest absolute Gasteiger partial charge is 0.260 e. The third-order valence-electron chi connectivity index (χ3n) is 4.51. The average Bonchev–Trinajstić information content (AvgIpc) is 2.73. The van der Waals surface area contributed by atoms with E-state index in [9.17, 15) is 9.59 Å². The molecule has 2 aromatic carbocycles. The molecule has 0 unspecified atom stereocenters. The number of nitrogens with zero attached hydrogens (tertiary/aromatic N) is 2. The van der Waals surface area contributed by atoms with Crippen molar-refractivity contribution < 1.29 is 19.1 Å². The normalized spacial score (nSPS) is 13.9. The van der Waals surface area contributed by atoms with Crippen molar-refractivity contribution in [1.82, 2.24) is 9.80 Å². The van der Waals surface area contributed by atoms with Crippen molar-refractivity contribution in [2.24, 2.45) is 0 Å². The summed E-state index contributed by atoms with van der Waals surface area (Å²) in [5, 5.41) is 0.618. The van der Waals surface area contributed by atoms with Gasteiger partial charge in [-0.3, -0.25) is 9.59 Å². The van der Waals surface area contributed by atoms with Crippen LogP contribution in [0.3, 0.4) is 0 Å². The van der Waals surface area contributed by atoms with Gasteiger partial charge in [-0.15, -0.1) is 0 Å². The Labute approximate surface area is 169 Å². The summed E-state index contributed by atoms with van der Waals surface area (Å²) in [6.45, 7) is 4.45. The monoisotopic (exact) mass is 402 g/mol. The standard InChI is InChI=1S/C21H23ClN2O4/c1-2-27-18-7-3-16(4-8-18)21(26)24-13-11-23(12-14-24)20(25)15-28-19-9-5-17(22)6-10-19/h3-10H,2,11-15H2,1H3. The molecule has 1 fully saturated rings. The SMILES string of the molecule is CCOc1ccc(C(=O)N2CCN(C(=O)COc3ccc(Cl)cc3)CC2)cc1. The Balaban J connectivity index is 1.47. The molecule has 148 valence electrons. The van der Waals surface area contributed by atoms with E-state index in [2.05, 4.69) is 0 Å². The molecule has 2 aromatic rings. The zero-order valence-corrected chi connectivity index (χ0v) is 16.5. The summed E-state index contributed by atoms with van der Waals surface area (Å²) < 4.78 is 10.9. The Bertz CT molecular complexity index is 800. The fraction of sp³-hybridized carbons (Fsp3) is 0.333. The van der Waals surface area contributed by atoms with Crippen molar-refractivity contribution >= 4 is 23.4 Å². The molecule has 0 spiro atoms. The van der Waals surface area contributed by atoms with Crippen molar-refractivity contribution in [3.05, 3.63) is 59.1 Å². The van der Waals surface area contributed by atoms with Crippen molar-refractivity contribution in [2.75, 3.05) is 39.4 Å². The van der Waals surface area contributed by atoms with Gasteiger partial charge in [0, 0.05) is 36.8 Å². The Morgan fingerprint density at radius 3 is 2.00 bits per heavy atom. The highest BCUT2D eigenvalue weighted by Gasteiger charge is 2.25. The molecule has 0 aliphatic carbocycles.